The summed E-state index contributed by atoms with van der Waals surface area (Å²) in [5.41, 5.74) is 1.27. The second kappa shape index (κ2) is 6.81. The fourth-order valence-corrected chi connectivity index (χ4v) is 3.41. The van der Waals surface area contributed by atoms with Crippen molar-refractivity contribution in [3.05, 3.63) is 15.1 Å². The SMILES string of the molecule is CCCNc1nc(CSC(C)(C)C)nc(C2CC2)c1I. The normalized spacial score (nSPS) is 15.4. The summed E-state index contributed by atoms with van der Waals surface area (Å²) < 4.78 is 1.48. The number of thioether (sulfide) groups is 1. The van der Waals surface area contributed by atoms with Crippen LogP contribution in [0.4, 0.5) is 5.82 Å². The smallest absolute Gasteiger partial charge is 0.143 e. The summed E-state index contributed by atoms with van der Waals surface area (Å²) in [5, 5.41) is 3.46. The van der Waals surface area contributed by atoms with Gasteiger partial charge in [-0.2, -0.15) is 0 Å². The highest BCUT2D eigenvalue weighted by Gasteiger charge is 2.29. The molecule has 1 aromatic heterocycles. The Hall–Kier alpha value is -0.0400. The summed E-state index contributed by atoms with van der Waals surface area (Å²) in [6, 6.07) is 0. The topological polar surface area (TPSA) is 37.8 Å². The van der Waals surface area contributed by atoms with Crippen molar-refractivity contribution in [3.8, 4) is 0 Å². The van der Waals surface area contributed by atoms with Crippen molar-refractivity contribution >= 4 is 40.2 Å². The molecule has 0 saturated heterocycles. The van der Waals surface area contributed by atoms with Crippen molar-refractivity contribution in [2.45, 2.75) is 63.4 Å². The molecule has 112 valence electrons. The molecule has 0 aromatic carbocycles. The van der Waals surface area contributed by atoms with Gasteiger partial charge in [-0.1, -0.05) is 27.7 Å². The first-order valence-electron chi connectivity index (χ1n) is 7.35. The summed E-state index contributed by atoms with van der Waals surface area (Å²) in [4.78, 5) is 9.56. The van der Waals surface area contributed by atoms with E-state index >= 15 is 0 Å². The minimum atomic E-state index is 0.253. The molecule has 0 atom stereocenters. The predicted molar refractivity (Wildman–Crippen MR) is 96.6 cm³/mol. The molecule has 0 unspecified atom stereocenters. The molecule has 1 saturated carbocycles. The summed E-state index contributed by atoms with van der Waals surface area (Å²) in [7, 11) is 0. The molecule has 0 radical (unpaired) electrons. The van der Waals surface area contributed by atoms with Crippen molar-refractivity contribution in [2.75, 3.05) is 11.9 Å². The minimum Gasteiger partial charge on any atom is -0.369 e. The number of anilines is 1. The number of aromatic nitrogens is 2. The van der Waals surface area contributed by atoms with Crippen LogP contribution in [0.2, 0.25) is 0 Å². The lowest BCUT2D eigenvalue weighted by atomic mass is 10.2. The molecule has 20 heavy (non-hydrogen) atoms. The molecule has 1 fully saturated rings. The lowest BCUT2D eigenvalue weighted by Gasteiger charge is -2.18. The van der Waals surface area contributed by atoms with Crippen molar-refractivity contribution in [3.63, 3.8) is 0 Å². The van der Waals surface area contributed by atoms with E-state index in [1.54, 1.807) is 0 Å². The maximum atomic E-state index is 4.83. The maximum absolute atomic E-state index is 4.83. The molecule has 1 aliphatic rings. The van der Waals surface area contributed by atoms with Crippen LogP contribution in [0.1, 0.15) is 64.4 Å². The highest BCUT2D eigenvalue weighted by molar-refractivity contribution is 14.1. The summed E-state index contributed by atoms with van der Waals surface area (Å²) in [6.45, 7) is 9.87. The van der Waals surface area contributed by atoms with Gasteiger partial charge in [-0.3, -0.25) is 0 Å². The van der Waals surface area contributed by atoms with Crippen molar-refractivity contribution in [1.82, 2.24) is 9.97 Å². The van der Waals surface area contributed by atoms with Gasteiger partial charge in [-0.15, -0.1) is 11.8 Å². The molecular formula is C15H24IN3S. The Morgan fingerprint density at radius 2 is 2.00 bits per heavy atom. The average molecular weight is 405 g/mol. The second-order valence-electron chi connectivity index (χ2n) is 6.29. The standard InChI is InChI=1S/C15H24IN3S/c1-5-8-17-14-12(16)13(10-6-7-10)18-11(19-14)9-20-15(2,3)4/h10H,5-9H2,1-4H3,(H,17,18,19). The van der Waals surface area contributed by atoms with Crippen molar-refractivity contribution in [1.29, 1.82) is 0 Å². The number of halogens is 1. The zero-order chi connectivity index (χ0) is 14.8. The van der Waals surface area contributed by atoms with Crippen LogP contribution in [0.25, 0.3) is 0 Å². The van der Waals surface area contributed by atoms with Crippen LogP contribution in [-0.2, 0) is 5.75 Å². The van der Waals surface area contributed by atoms with Gasteiger partial charge in [0.15, 0.2) is 0 Å². The number of hydrogen-bond donors (Lipinski definition) is 1. The maximum Gasteiger partial charge on any atom is 0.143 e. The number of nitrogens with one attached hydrogen (secondary N) is 1. The van der Waals surface area contributed by atoms with Gasteiger partial charge in [0.2, 0.25) is 0 Å². The summed E-state index contributed by atoms with van der Waals surface area (Å²) in [5.74, 6) is 3.58. The van der Waals surface area contributed by atoms with Gasteiger partial charge in [-0.25, -0.2) is 9.97 Å². The largest absolute Gasteiger partial charge is 0.369 e. The molecule has 1 heterocycles. The average Bonchev–Trinajstić information content (AvgIpc) is 3.19. The fraction of sp³-hybridized carbons (Fsp3) is 0.733. The Morgan fingerprint density at radius 1 is 1.30 bits per heavy atom. The molecule has 0 aliphatic heterocycles. The molecular weight excluding hydrogens is 381 g/mol. The van der Waals surface area contributed by atoms with E-state index in [0.717, 1.165) is 30.4 Å². The van der Waals surface area contributed by atoms with Crippen LogP contribution in [0.3, 0.4) is 0 Å². The second-order valence-corrected chi connectivity index (χ2v) is 9.17. The minimum absolute atomic E-state index is 0.253. The fourth-order valence-electron chi connectivity index (χ4n) is 1.85. The Balaban J connectivity index is 2.20. The van der Waals surface area contributed by atoms with Crippen molar-refractivity contribution < 1.29 is 0 Å². The first-order chi connectivity index (χ1) is 9.40. The van der Waals surface area contributed by atoms with Crippen LogP contribution in [0, 0.1) is 3.57 Å². The first kappa shape index (κ1) is 16.3. The molecule has 1 aliphatic carbocycles. The molecule has 0 amide bonds. The third kappa shape index (κ3) is 4.76. The van der Waals surface area contributed by atoms with E-state index in [4.69, 9.17) is 9.97 Å². The van der Waals surface area contributed by atoms with Gasteiger partial charge in [0.05, 0.1) is 15.0 Å². The predicted octanol–water partition coefficient (Wildman–Crippen LogP) is 4.81. The van der Waals surface area contributed by atoms with E-state index in [9.17, 15) is 0 Å². The van der Waals surface area contributed by atoms with Crippen LogP contribution in [0.15, 0.2) is 0 Å². The number of rotatable bonds is 6. The van der Waals surface area contributed by atoms with Gasteiger partial charge in [0.25, 0.3) is 0 Å². The van der Waals surface area contributed by atoms with E-state index in [1.165, 1.54) is 22.1 Å². The monoisotopic (exact) mass is 405 g/mol. The quantitative estimate of drug-likeness (QED) is 0.690. The Kier molecular flexibility index (Phi) is 5.56. The summed E-state index contributed by atoms with van der Waals surface area (Å²) >= 11 is 4.31. The Morgan fingerprint density at radius 3 is 2.55 bits per heavy atom. The number of hydrogen-bond acceptors (Lipinski definition) is 4. The highest BCUT2D eigenvalue weighted by Crippen LogP contribution is 2.42. The third-order valence-electron chi connectivity index (χ3n) is 3.06. The zero-order valence-electron chi connectivity index (χ0n) is 12.8. The van der Waals surface area contributed by atoms with Crippen molar-refractivity contribution in [2.24, 2.45) is 0 Å². The Bertz CT molecular complexity index is 467. The van der Waals surface area contributed by atoms with E-state index < -0.39 is 0 Å². The molecule has 0 spiro atoms. The lowest BCUT2D eigenvalue weighted by molar-refractivity contribution is 0.798. The van der Waals surface area contributed by atoms with Gasteiger partial charge in [-0.05, 0) is 41.9 Å². The van der Waals surface area contributed by atoms with E-state index in [0.29, 0.717) is 5.92 Å². The van der Waals surface area contributed by atoms with Crippen LogP contribution in [-0.4, -0.2) is 21.3 Å². The molecule has 3 nitrogen and oxygen atoms in total. The van der Waals surface area contributed by atoms with Gasteiger partial charge < -0.3 is 5.32 Å². The highest BCUT2D eigenvalue weighted by atomic mass is 127. The van der Waals surface area contributed by atoms with Crippen LogP contribution >= 0.6 is 34.4 Å². The van der Waals surface area contributed by atoms with Gasteiger partial charge >= 0.3 is 0 Å². The zero-order valence-corrected chi connectivity index (χ0v) is 15.8. The molecule has 1 N–H and O–H groups in total. The first-order valence-corrected chi connectivity index (χ1v) is 9.41. The van der Waals surface area contributed by atoms with Crippen LogP contribution in [0.5, 0.6) is 0 Å². The molecule has 0 bridgehead atoms. The van der Waals surface area contributed by atoms with E-state index in [2.05, 4.69) is 55.6 Å². The summed E-state index contributed by atoms with van der Waals surface area (Å²) in [6.07, 6.45) is 3.68. The molecule has 1 aromatic rings. The van der Waals surface area contributed by atoms with Gasteiger partial charge in [0.1, 0.15) is 11.6 Å². The molecule has 5 heteroatoms. The molecule has 2 rings (SSSR count). The third-order valence-corrected chi connectivity index (χ3v) is 5.40. The van der Waals surface area contributed by atoms with Crippen LogP contribution < -0.4 is 5.32 Å². The van der Waals surface area contributed by atoms with Gasteiger partial charge in [0, 0.05) is 17.2 Å². The Labute approximate surface area is 140 Å². The number of nitrogens with zero attached hydrogens (tertiary/aromatic N) is 2. The lowest BCUT2D eigenvalue weighted by Crippen LogP contribution is -2.12. The van der Waals surface area contributed by atoms with E-state index in [-0.39, 0.29) is 4.75 Å². The van der Waals surface area contributed by atoms with E-state index in [1.807, 2.05) is 11.8 Å².